The SMILES string of the molecule is FC(F)(F)Oc1[c]onc1. The first-order chi connectivity index (χ1) is 4.58. The lowest BCUT2D eigenvalue weighted by Crippen LogP contribution is -2.16. The number of nitrogens with zero attached hydrogens (tertiary/aromatic N) is 1. The van der Waals surface area contributed by atoms with E-state index in [0.717, 1.165) is 6.20 Å². The molecule has 0 aliphatic rings. The van der Waals surface area contributed by atoms with Crippen LogP contribution >= 0.6 is 0 Å². The first-order valence-electron chi connectivity index (χ1n) is 2.16. The Bertz CT molecular complexity index is 193. The zero-order chi connectivity index (χ0) is 7.61. The molecule has 0 atom stereocenters. The summed E-state index contributed by atoms with van der Waals surface area (Å²) < 4.78 is 41.2. The van der Waals surface area contributed by atoms with Crippen LogP contribution in [0.1, 0.15) is 0 Å². The van der Waals surface area contributed by atoms with Crippen molar-refractivity contribution in [3.05, 3.63) is 12.5 Å². The molecule has 1 aromatic rings. The number of hydrogen-bond acceptors (Lipinski definition) is 3. The van der Waals surface area contributed by atoms with Gasteiger partial charge >= 0.3 is 6.36 Å². The van der Waals surface area contributed by atoms with Crippen molar-refractivity contribution in [1.29, 1.82) is 0 Å². The van der Waals surface area contributed by atoms with Gasteiger partial charge < -0.3 is 9.26 Å². The summed E-state index contributed by atoms with van der Waals surface area (Å²) in [5.41, 5.74) is 0. The highest BCUT2D eigenvalue weighted by atomic mass is 19.4. The lowest BCUT2D eigenvalue weighted by molar-refractivity contribution is -0.274. The molecule has 0 N–H and O–H groups in total. The van der Waals surface area contributed by atoms with Gasteiger partial charge in [0.15, 0.2) is 0 Å². The Morgan fingerprint density at radius 1 is 1.60 bits per heavy atom. The second kappa shape index (κ2) is 2.20. The van der Waals surface area contributed by atoms with Gasteiger partial charge in [0.25, 0.3) is 6.26 Å². The molecule has 0 amide bonds. The van der Waals surface area contributed by atoms with Crippen LogP contribution in [0.5, 0.6) is 5.75 Å². The summed E-state index contributed by atoms with van der Waals surface area (Å²) in [6, 6.07) is 0. The Morgan fingerprint density at radius 2 is 2.30 bits per heavy atom. The van der Waals surface area contributed by atoms with Crippen LogP contribution in [-0.2, 0) is 0 Å². The third kappa shape index (κ3) is 1.96. The molecule has 6 heteroatoms. The topological polar surface area (TPSA) is 35.3 Å². The molecular formula is C4HF3NO2. The van der Waals surface area contributed by atoms with Gasteiger partial charge in [-0.2, -0.15) is 0 Å². The maximum Gasteiger partial charge on any atom is 0.573 e. The van der Waals surface area contributed by atoms with E-state index in [9.17, 15) is 13.2 Å². The van der Waals surface area contributed by atoms with Crippen molar-refractivity contribution in [2.75, 3.05) is 0 Å². The van der Waals surface area contributed by atoms with Gasteiger partial charge in [0.05, 0.1) is 0 Å². The van der Waals surface area contributed by atoms with Crippen LogP contribution in [-0.4, -0.2) is 11.5 Å². The van der Waals surface area contributed by atoms with Crippen LogP contribution in [0.3, 0.4) is 0 Å². The molecule has 1 radical (unpaired) electrons. The molecule has 0 unspecified atom stereocenters. The second-order valence-corrected chi connectivity index (χ2v) is 1.34. The number of rotatable bonds is 1. The van der Waals surface area contributed by atoms with E-state index in [-0.39, 0.29) is 0 Å². The molecule has 0 fully saturated rings. The maximum atomic E-state index is 11.3. The largest absolute Gasteiger partial charge is 0.573 e. The number of aromatic nitrogens is 1. The predicted octanol–water partition coefficient (Wildman–Crippen LogP) is 1.37. The van der Waals surface area contributed by atoms with Crippen molar-refractivity contribution in [3.8, 4) is 5.75 Å². The normalized spacial score (nSPS) is 11.5. The molecule has 0 saturated heterocycles. The van der Waals surface area contributed by atoms with Gasteiger partial charge in [0.2, 0.25) is 5.75 Å². The maximum absolute atomic E-state index is 11.3. The minimum absolute atomic E-state index is 0.576. The van der Waals surface area contributed by atoms with E-state index in [4.69, 9.17) is 0 Å². The first kappa shape index (κ1) is 6.91. The Hall–Kier alpha value is -1.20. The fraction of sp³-hybridized carbons (Fsp3) is 0.250. The lowest BCUT2D eigenvalue weighted by Gasteiger charge is -2.03. The van der Waals surface area contributed by atoms with Crippen molar-refractivity contribution >= 4 is 0 Å². The zero-order valence-electron chi connectivity index (χ0n) is 4.47. The van der Waals surface area contributed by atoms with E-state index in [0.29, 0.717) is 0 Å². The molecule has 0 aliphatic heterocycles. The van der Waals surface area contributed by atoms with Gasteiger partial charge in [-0.05, 0) is 0 Å². The second-order valence-electron chi connectivity index (χ2n) is 1.34. The van der Waals surface area contributed by atoms with Crippen LogP contribution in [0.4, 0.5) is 13.2 Å². The molecule has 1 heterocycles. The van der Waals surface area contributed by atoms with E-state index in [2.05, 4.69) is 14.4 Å². The van der Waals surface area contributed by atoms with Gasteiger partial charge in [-0.25, -0.2) is 0 Å². The summed E-state index contributed by atoms with van der Waals surface area (Å²) in [7, 11) is 0. The molecular weight excluding hydrogens is 151 g/mol. The van der Waals surface area contributed by atoms with E-state index in [1.54, 1.807) is 6.26 Å². The minimum atomic E-state index is -4.71. The van der Waals surface area contributed by atoms with Crippen LogP contribution in [0.15, 0.2) is 10.7 Å². The molecule has 0 bridgehead atoms. The highest BCUT2D eigenvalue weighted by Crippen LogP contribution is 2.20. The quantitative estimate of drug-likeness (QED) is 0.609. The lowest BCUT2D eigenvalue weighted by atomic mass is 10.7. The number of halogens is 3. The van der Waals surface area contributed by atoms with Crippen molar-refractivity contribution < 1.29 is 22.4 Å². The van der Waals surface area contributed by atoms with E-state index in [1.807, 2.05) is 0 Å². The smallest absolute Gasteiger partial charge is 0.400 e. The van der Waals surface area contributed by atoms with Crippen molar-refractivity contribution in [3.63, 3.8) is 0 Å². The molecule has 0 aliphatic carbocycles. The summed E-state index contributed by atoms with van der Waals surface area (Å²) >= 11 is 0. The predicted molar refractivity (Wildman–Crippen MR) is 22.0 cm³/mol. The molecule has 0 aromatic carbocycles. The summed E-state index contributed by atoms with van der Waals surface area (Å²) in [6.07, 6.45) is -2.17. The molecule has 1 rings (SSSR count). The monoisotopic (exact) mass is 152 g/mol. The van der Waals surface area contributed by atoms with Crippen LogP contribution in [0, 0.1) is 6.26 Å². The van der Waals surface area contributed by atoms with Crippen LogP contribution in [0.2, 0.25) is 0 Å². The van der Waals surface area contributed by atoms with Gasteiger partial charge in [0, 0.05) is 0 Å². The van der Waals surface area contributed by atoms with Crippen LogP contribution < -0.4 is 4.74 Å². The first-order valence-corrected chi connectivity index (χ1v) is 2.16. The summed E-state index contributed by atoms with van der Waals surface area (Å²) in [4.78, 5) is 0. The van der Waals surface area contributed by atoms with E-state index >= 15 is 0 Å². The number of ether oxygens (including phenoxy) is 1. The van der Waals surface area contributed by atoms with Gasteiger partial charge in [-0.3, -0.25) is 0 Å². The Balaban J connectivity index is 2.57. The van der Waals surface area contributed by atoms with Gasteiger partial charge in [-0.1, -0.05) is 5.16 Å². The average molecular weight is 152 g/mol. The van der Waals surface area contributed by atoms with E-state index in [1.165, 1.54) is 0 Å². The average Bonchev–Trinajstić information content (AvgIpc) is 2.12. The Kier molecular flexibility index (Phi) is 1.52. The molecule has 0 saturated carbocycles. The summed E-state index contributed by atoms with van der Waals surface area (Å²) in [5.74, 6) is -0.576. The molecule has 10 heavy (non-hydrogen) atoms. The summed E-state index contributed by atoms with van der Waals surface area (Å²) in [6.45, 7) is 0. The third-order valence-corrected chi connectivity index (χ3v) is 0.595. The zero-order valence-corrected chi connectivity index (χ0v) is 4.47. The fourth-order valence-corrected chi connectivity index (χ4v) is 0.344. The van der Waals surface area contributed by atoms with Crippen molar-refractivity contribution in [2.45, 2.75) is 6.36 Å². The molecule has 1 aromatic heterocycles. The molecule has 3 nitrogen and oxygen atoms in total. The molecule has 0 spiro atoms. The standard InChI is InChI=1S/C4HF3NO2/c5-4(6,7)10-3-1-8-9-2-3/h1H. The van der Waals surface area contributed by atoms with Gasteiger partial charge in [-0.15, -0.1) is 13.2 Å². The summed E-state index contributed by atoms with van der Waals surface area (Å²) in [5, 5.41) is 2.95. The van der Waals surface area contributed by atoms with E-state index < -0.39 is 12.1 Å². The third-order valence-electron chi connectivity index (χ3n) is 0.595. The van der Waals surface area contributed by atoms with Crippen molar-refractivity contribution in [2.24, 2.45) is 0 Å². The highest BCUT2D eigenvalue weighted by molar-refractivity contribution is 5.06. The Labute approximate surface area is 53.4 Å². The minimum Gasteiger partial charge on any atom is -0.400 e. The molecule has 55 valence electrons. The highest BCUT2D eigenvalue weighted by Gasteiger charge is 2.31. The van der Waals surface area contributed by atoms with Gasteiger partial charge in [0.1, 0.15) is 6.20 Å². The van der Waals surface area contributed by atoms with Crippen molar-refractivity contribution in [1.82, 2.24) is 5.16 Å². The number of hydrogen-bond donors (Lipinski definition) is 0. The number of alkyl halides is 3. The fourth-order valence-electron chi connectivity index (χ4n) is 0.344. The van der Waals surface area contributed by atoms with Crippen LogP contribution in [0.25, 0.3) is 0 Å². The Morgan fingerprint density at radius 3 is 2.70 bits per heavy atom.